The molecule has 3 nitrogen and oxygen atoms in total. The molecule has 122 valence electrons. The fraction of sp³-hybridized carbons (Fsp3) is 0.286. The van der Waals surface area contributed by atoms with Gasteiger partial charge in [-0.25, -0.2) is 4.99 Å². The van der Waals surface area contributed by atoms with E-state index in [1.54, 1.807) is 0 Å². The van der Waals surface area contributed by atoms with Crippen molar-refractivity contribution in [2.24, 2.45) is 9.98 Å². The highest BCUT2D eigenvalue weighted by molar-refractivity contribution is 5.75. The van der Waals surface area contributed by atoms with E-state index in [9.17, 15) is 26.3 Å². The van der Waals surface area contributed by atoms with Gasteiger partial charge in [0.25, 0.3) is 0 Å². The van der Waals surface area contributed by atoms with E-state index in [1.807, 2.05) is 0 Å². The van der Waals surface area contributed by atoms with Crippen LogP contribution >= 0.6 is 0 Å². The van der Waals surface area contributed by atoms with E-state index >= 15 is 0 Å². The SMILES string of the molecule is FC(F)(F)CC1=CN=c2ccc3c(c2O1)C(C(F)(F)F)=CCN=3. The molecule has 0 radical (unpaired) electrons. The molecule has 0 atom stereocenters. The highest BCUT2D eigenvalue weighted by Crippen LogP contribution is 2.38. The number of rotatable bonds is 1. The van der Waals surface area contributed by atoms with E-state index in [-0.39, 0.29) is 28.6 Å². The molecule has 0 saturated carbocycles. The van der Waals surface area contributed by atoms with Crippen molar-refractivity contribution in [3.8, 4) is 5.75 Å². The molecule has 2 aliphatic rings. The van der Waals surface area contributed by atoms with Gasteiger partial charge in [0.1, 0.15) is 17.5 Å². The van der Waals surface area contributed by atoms with Gasteiger partial charge in [-0.15, -0.1) is 0 Å². The predicted octanol–water partition coefficient (Wildman–Crippen LogP) is 3.07. The van der Waals surface area contributed by atoms with Gasteiger partial charge in [-0.2, -0.15) is 26.3 Å². The first kappa shape index (κ1) is 15.6. The average molecular weight is 334 g/mol. The molecule has 23 heavy (non-hydrogen) atoms. The van der Waals surface area contributed by atoms with Crippen molar-refractivity contribution in [1.82, 2.24) is 0 Å². The van der Waals surface area contributed by atoms with Crippen molar-refractivity contribution in [3.05, 3.63) is 46.4 Å². The van der Waals surface area contributed by atoms with Crippen LogP contribution in [0.2, 0.25) is 0 Å². The number of fused-ring (bicyclic) bond motifs is 3. The minimum atomic E-state index is -4.67. The summed E-state index contributed by atoms with van der Waals surface area (Å²) < 4.78 is 81.9. The number of alkyl halides is 6. The largest absolute Gasteiger partial charge is 0.457 e. The van der Waals surface area contributed by atoms with Gasteiger partial charge in [0, 0.05) is 0 Å². The molecule has 3 rings (SSSR count). The molecule has 0 unspecified atom stereocenters. The van der Waals surface area contributed by atoms with Gasteiger partial charge < -0.3 is 4.74 Å². The topological polar surface area (TPSA) is 34.0 Å². The summed E-state index contributed by atoms with van der Waals surface area (Å²) in [6.45, 7) is -0.164. The number of halogens is 6. The Bertz CT molecular complexity index is 833. The van der Waals surface area contributed by atoms with Crippen molar-refractivity contribution < 1.29 is 31.1 Å². The van der Waals surface area contributed by atoms with Crippen LogP contribution in [0, 0.1) is 0 Å². The number of benzene rings is 1. The van der Waals surface area contributed by atoms with Crippen molar-refractivity contribution in [2.75, 3.05) is 6.54 Å². The normalized spacial score (nSPS) is 17.0. The van der Waals surface area contributed by atoms with Crippen molar-refractivity contribution in [1.29, 1.82) is 0 Å². The van der Waals surface area contributed by atoms with E-state index in [4.69, 9.17) is 4.74 Å². The highest BCUT2D eigenvalue weighted by atomic mass is 19.4. The van der Waals surface area contributed by atoms with Crippen molar-refractivity contribution in [2.45, 2.75) is 18.8 Å². The second kappa shape index (κ2) is 5.10. The number of allylic oxidation sites excluding steroid dienone is 2. The van der Waals surface area contributed by atoms with Gasteiger partial charge >= 0.3 is 12.4 Å². The molecule has 0 bridgehead atoms. The monoisotopic (exact) mass is 334 g/mol. The quantitative estimate of drug-likeness (QED) is 0.727. The van der Waals surface area contributed by atoms with Crippen LogP contribution in [0.4, 0.5) is 26.3 Å². The lowest BCUT2D eigenvalue weighted by Gasteiger charge is -2.21. The van der Waals surface area contributed by atoms with Gasteiger partial charge in [0.15, 0.2) is 5.75 Å². The summed E-state index contributed by atoms with van der Waals surface area (Å²) in [5, 5.41) is 0.0453. The van der Waals surface area contributed by atoms with Crippen LogP contribution in [-0.2, 0) is 0 Å². The molecular formula is C14H8F6N2O. The highest BCUT2D eigenvalue weighted by Gasteiger charge is 2.39. The molecule has 1 aromatic carbocycles. The van der Waals surface area contributed by atoms with Gasteiger partial charge in [-0.1, -0.05) is 6.08 Å². The molecule has 0 amide bonds. The van der Waals surface area contributed by atoms with Gasteiger partial charge in [0.2, 0.25) is 0 Å². The van der Waals surface area contributed by atoms with E-state index in [2.05, 4.69) is 9.98 Å². The van der Waals surface area contributed by atoms with Crippen LogP contribution in [0.5, 0.6) is 5.75 Å². The summed E-state index contributed by atoms with van der Waals surface area (Å²) >= 11 is 0. The fourth-order valence-corrected chi connectivity index (χ4v) is 2.33. The van der Waals surface area contributed by atoms with Crippen molar-refractivity contribution in [3.63, 3.8) is 0 Å². The number of hydrogen-bond acceptors (Lipinski definition) is 3. The standard InChI is InChI=1S/C14H8F6N2O/c15-13(16,17)5-7-6-22-10-2-1-9-11(12(10)23-7)8(3-4-21-9)14(18,19)20/h1-3,6H,4-5H2. The minimum Gasteiger partial charge on any atom is -0.457 e. The van der Waals surface area contributed by atoms with Crippen molar-refractivity contribution >= 4 is 5.57 Å². The summed E-state index contributed by atoms with van der Waals surface area (Å²) in [6.07, 6.45) is -8.91. The summed E-state index contributed by atoms with van der Waals surface area (Å²) in [7, 11) is 0. The molecule has 0 N–H and O–H groups in total. The van der Waals surface area contributed by atoms with E-state index in [0.717, 1.165) is 12.3 Å². The third kappa shape index (κ3) is 3.08. The Morgan fingerprint density at radius 1 is 1.04 bits per heavy atom. The van der Waals surface area contributed by atoms with E-state index < -0.39 is 30.1 Å². The molecule has 1 aromatic rings. The van der Waals surface area contributed by atoms with Gasteiger partial charge in [-0.3, -0.25) is 4.99 Å². The zero-order valence-corrected chi connectivity index (χ0v) is 11.3. The molecule has 0 fully saturated rings. The lowest BCUT2D eigenvalue weighted by atomic mass is 10.00. The van der Waals surface area contributed by atoms with Crippen LogP contribution in [0.15, 0.2) is 40.2 Å². The first-order valence-corrected chi connectivity index (χ1v) is 6.42. The van der Waals surface area contributed by atoms with Crippen LogP contribution in [0.1, 0.15) is 12.0 Å². The van der Waals surface area contributed by atoms with Gasteiger partial charge in [-0.05, 0) is 12.1 Å². The zero-order chi connectivity index (χ0) is 16.8. The first-order valence-electron chi connectivity index (χ1n) is 6.42. The van der Waals surface area contributed by atoms with Crippen LogP contribution in [0.3, 0.4) is 0 Å². The lowest BCUT2D eigenvalue weighted by Crippen LogP contribution is -2.28. The molecule has 0 saturated heterocycles. The van der Waals surface area contributed by atoms with Crippen LogP contribution < -0.4 is 15.5 Å². The molecule has 9 heteroatoms. The molecule has 2 heterocycles. The van der Waals surface area contributed by atoms with Crippen LogP contribution in [0.25, 0.3) is 5.57 Å². The molecule has 2 aliphatic heterocycles. The summed E-state index contributed by atoms with van der Waals surface area (Å²) in [6, 6.07) is 2.69. The number of ether oxygens (including phenoxy) is 1. The maximum atomic E-state index is 13.2. The predicted molar refractivity (Wildman–Crippen MR) is 67.0 cm³/mol. The van der Waals surface area contributed by atoms with Gasteiger partial charge in [0.05, 0.1) is 29.2 Å². The summed E-state index contributed by atoms with van der Waals surface area (Å²) in [5.41, 5.74) is -1.36. The van der Waals surface area contributed by atoms with E-state index in [1.165, 1.54) is 12.1 Å². The molecule has 0 spiro atoms. The maximum Gasteiger partial charge on any atom is 0.416 e. The molecule has 0 aromatic heterocycles. The maximum absolute atomic E-state index is 13.2. The minimum absolute atomic E-state index is 0.0158. The smallest absolute Gasteiger partial charge is 0.416 e. The third-order valence-corrected chi connectivity index (χ3v) is 3.20. The Morgan fingerprint density at radius 2 is 1.74 bits per heavy atom. The lowest BCUT2D eigenvalue weighted by molar-refractivity contribution is -0.131. The second-order valence-electron chi connectivity index (χ2n) is 4.88. The number of hydrogen-bond donors (Lipinski definition) is 0. The first-order chi connectivity index (χ1) is 10.6. The third-order valence-electron chi connectivity index (χ3n) is 3.20. The molecular weight excluding hydrogens is 326 g/mol. The van der Waals surface area contributed by atoms with Crippen LogP contribution in [-0.4, -0.2) is 18.9 Å². The Kier molecular flexibility index (Phi) is 3.46. The average Bonchev–Trinajstić information content (AvgIpc) is 2.43. The fourth-order valence-electron chi connectivity index (χ4n) is 2.33. The number of nitrogens with zero attached hydrogens (tertiary/aromatic N) is 2. The Balaban J connectivity index is 2.13. The van der Waals surface area contributed by atoms with E-state index in [0.29, 0.717) is 0 Å². The second-order valence-corrected chi connectivity index (χ2v) is 4.88. The Hall–Kier alpha value is -2.32. The summed E-state index contributed by atoms with van der Waals surface area (Å²) in [4.78, 5) is 7.68. The molecule has 0 aliphatic carbocycles. The zero-order valence-electron chi connectivity index (χ0n) is 11.3. The Labute approximate surface area is 125 Å². The summed E-state index contributed by atoms with van der Waals surface area (Å²) in [5.74, 6) is -0.915. The Morgan fingerprint density at radius 3 is 2.39 bits per heavy atom.